The monoisotopic (exact) mass is 741 g/mol. The number of para-hydroxylation sites is 1. The number of carbonyl (C=O) groups is 2. The number of amides is 1. The van der Waals surface area contributed by atoms with Gasteiger partial charge in [0.1, 0.15) is 5.82 Å². The molecule has 5 aliphatic rings. The number of fused-ring (bicyclic) bond motifs is 2. The SMILES string of the molecule is COC12CC3(C)CC(C)(CC(Cn4ncc(-c5ccc(N6CCc7c(C#N)ccc(C(=O)Nc8nc9ccccc9s8)c7C6)nc5C(=O)O)c4C)(C3)C1)C2. The quantitative estimate of drug-likeness (QED) is 0.161. The van der Waals surface area contributed by atoms with Crippen molar-refractivity contribution in [2.45, 2.75) is 84.4 Å². The minimum atomic E-state index is -1.12. The van der Waals surface area contributed by atoms with Gasteiger partial charge in [0.2, 0.25) is 0 Å². The average molecular weight is 742 g/mol. The van der Waals surface area contributed by atoms with Gasteiger partial charge in [-0.15, -0.1) is 0 Å². The zero-order valence-electron chi connectivity index (χ0n) is 31.0. The first-order valence-electron chi connectivity index (χ1n) is 18.6. The number of nitriles is 1. The van der Waals surface area contributed by atoms with E-state index in [-0.39, 0.29) is 33.4 Å². The lowest BCUT2D eigenvalue weighted by atomic mass is 9.39. The second-order valence-electron chi connectivity index (χ2n) is 17.1. The lowest BCUT2D eigenvalue weighted by molar-refractivity contribution is -0.239. The summed E-state index contributed by atoms with van der Waals surface area (Å²) in [5.41, 5.74) is 5.94. The summed E-state index contributed by atoms with van der Waals surface area (Å²) >= 11 is 1.40. The molecular weight excluding hydrogens is 699 g/mol. The van der Waals surface area contributed by atoms with Crippen LogP contribution < -0.4 is 10.2 Å². The number of hydrogen-bond donors (Lipinski definition) is 2. The molecule has 54 heavy (non-hydrogen) atoms. The summed E-state index contributed by atoms with van der Waals surface area (Å²) in [4.78, 5) is 37.8. The van der Waals surface area contributed by atoms with Crippen LogP contribution in [0.4, 0.5) is 10.9 Å². The molecular formula is C42H43N7O4S. The summed E-state index contributed by atoms with van der Waals surface area (Å²) in [5.74, 6) is -0.942. The van der Waals surface area contributed by atoms with E-state index in [0.29, 0.717) is 47.2 Å². The maximum Gasteiger partial charge on any atom is 0.355 e. The molecule has 0 saturated heterocycles. The highest BCUT2D eigenvalue weighted by Gasteiger charge is 2.66. The number of methoxy groups -OCH3 is 1. The average Bonchev–Trinajstić information content (AvgIpc) is 3.70. The molecule has 1 amide bonds. The van der Waals surface area contributed by atoms with E-state index in [1.54, 1.807) is 18.3 Å². The number of nitrogens with one attached hydrogen (secondary N) is 1. The van der Waals surface area contributed by atoms with E-state index in [0.717, 1.165) is 71.2 Å². The molecule has 4 bridgehead atoms. The number of nitrogens with zero attached hydrogens (tertiary/aromatic N) is 6. The van der Waals surface area contributed by atoms with Gasteiger partial charge in [0.05, 0.1) is 33.6 Å². The first kappa shape index (κ1) is 34.6. The number of aromatic nitrogens is 4. The smallest absolute Gasteiger partial charge is 0.355 e. The zero-order valence-corrected chi connectivity index (χ0v) is 31.8. The van der Waals surface area contributed by atoms with Crippen molar-refractivity contribution in [2.75, 3.05) is 23.9 Å². The van der Waals surface area contributed by atoms with Crippen LogP contribution in [-0.4, -0.2) is 56.0 Å². The van der Waals surface area contributed by atoms with Crippen molar-refractivity contribution < 1.29 is 19.4 Å². The molecule has 4 fully saturated rings. The van der Waals surface area contributed by atoms with Crippen LogP contribution in [0, 0.1) is 34.5 Å². The Morgan fingerprint density at radius 3 is 2.48 bits per heavy atom. The largest absolute Gasteiger partial charge is 0.476 e. The van der Waals surface area contributed by atoms with Gasteiger partial charge in [-0.1, -0.05) is 37.3 Å². The fourth-order valence-electron chi connectivity index (χ4n) is 11.7. The maximum atomic E-state index is 13.7. The van der Waals surface area contributed by atoms with Gasteiger partial charge in [-0.2, -0.15) is 10.4 Å². The molecule has 4 aliphatic carbocycles. The van der Waals surface area contributed by atoms with Crippen LogP contribution in [0.5, 0.6) is 0 Å². The highest BCUT2D eigenvalue weighted by molar-refractivity contribution is 7.22. The number of anilines is 2. The summed E-state index contributed by atoms with van der Waals surface area (Å²) in [7, 11) is 1.88. The van der Waals surface area contributed by atoms with Crippen molar-refractivity contribution in [1.82, 2.24) is 19.7 Å². The summed E-state index contributed by atoms with van der Waals surface area (Å²) in [5, 5.41) is 28.7. The summed E-state index contributed by atoms with van der Waals surface area (Å²) in [6.07, 6.45) is 9.05. The summed E-state index contributed by atoms with van der Waals surface area (Å²) in [6, 6.07) is 17.0. The maximum absolute atomic E-state index is 13.7. The van der Waals surface area contributed by atoms with Gasteiger partial charge in [0.15, 0.2) is 10.8 Å². The lowest BCUT2D eigenvalue weighted by Gasteiger charge is -2.69. The van der Waals surface area contributed by atoms with Crippen LogP contribution in [0.15, 0.2) is 54.7 Å². The molecule has 276 valence electrons. The van der Waals surface area contributed by atoms with Gasteiger partial charge in [-0.25, -0.2) is 14.8 Å². The predicted octanol–water partition coefficient (Wildman–Crippen LogP) is 8.01. The van der Waals surface area contributed by atoms with Crippen LogP contribution >= 0.6 is 11.3 Å². The number of rotatable bonds is 8. The molecule has 11 nitrogen and oxygen atoms in total. The third-order valence-corrected chi connectivity index (χ3v) is 13.6. The fraction of sp³-hybridized carbons (Fsp3) is 0.429. The van der Waals surface area contributed by atoms with Crippen LogP contribution in [0.1, 0.15) is 95.6 Å². The van der Waals surface area contributed by atoms with Crippen molar-refractivity contribution in [3.05, 3.63) is 88.4 Å². The lowest BCUT2D eigenvalue weighted by Crippen LogP contribution is -2.64. The molecule has 2 atom stereocenters. The molecule has 4 heterocycles. The molecule has 5 aromatic rings. The number of carboxylic acid groups (broad SMARTS) is 1. The number of carboxylic acids is 1. The van der Waals surface area contributed by atoms with E-state index in [2.05, 4.69) is 34.9 Å². The number of aromatic carboxylic acids is 1. The Bertz CT molecular complexity index is 2380. The molecule has 2 unspecified atom stereocenters. The van der Waals surface area contributed by atoms with Crippen LogP contribution in [0.2, 0.25) is 0 Å². The van der Waals surface area contributed by atoms with E-state index < -0.39 is 5.97 Å². The first-order chi connectivity index (χ1) is 25.8. The predicted molar refractivity (Wildman–Crippen MR) is 207 cm³/mol. The van der Waals surface area contributed by atoms with Crippen LogP contribution in [0.3, 0.4) is 0 Å². The zero-order chi connectivity index (χ0) is 37.6. The molecule has 1 aliphatic heterocycles. The molecule has 0 radical (unpaired) electrons. The van der Waals surface area contributed by atoms with E-state index in [9.17, 15) is 20.0 Å². The van der Waals surface area contributed by atoms with E-state index in [1.165, 1.54) is 17.8 Å². The Hall–Kier alpha value is -5.12. The molecule has 0 spiro atoms. The topological polar surface area (TPSA) is 146 Å². The number of hydrogen-bond acceptors (Lipinski definition) is 9. The first-order valence-corrected chi connectivity index (χ1v) is 19.4. The van der Waals surface area contributed by atoms with Crippen LogP contribution in [-0.2, 0) is 24.2 Å². The number of benzene rings is 2. The molecule has 2 aromatic carbocycles. The second-order valence-corrected chi connectivity index (χ2v) is 18.1. The second kappa shape index (κ2) is 12.2. The Kier molecular flexibility index (Phi) is 7.82. The Balaban J connectivity index is 0.997. The van der Waals surface area contributed by atoms with Crippen molar-refractivity contribution >= 4 is 44.4 Å². The van der Waals surface area contributed by atoms with Gasteiger partial charge < -0.3 is 14.7 Å². The third-order valence-electron chi connectivity index (χ3n) is 12.7. The van der Waals surface area contributed by atoms with Crippen molar-refractivity contribution in [2.24, 2.45) is 16.2 Å². The van der Waals surface area contributed by atoms with E-state index in [1.807, 2.05) is 55.3 Å². The number of carbonyl (C=O) groups excluding carboxylic acids is 1. The molecule has 10 rings (SSSR count). The summed E-state index contributed by atoms with van der Waals surface area (Å²) < 4.78 is 9.34. The van der Waals surface area contributed by atoms with Crippen molar-refractivity contribution in [3.63, 3.8) is 0 Å². The van der Waals surface area contributed by atoms with Crippen LogP contribution in [0.25, 0.3) is 21.3 Å². The molecule has 2 N–H and O–H groups in total. The standard InChI is InChI=1S/C42H43N7O4S/c1-25-30(16-44-49(25)24-41-19-39(2)18-40(3,20-41)22-42(21-39,23-41)53-4)28-11-12-34(46-35(28)37(51)52)48-14-13-27-26(15-43)9-10-29(31(27)17-48)36(50)47-38-45-32-7-5-6-8-33(32)54-38/h5-12,16H,13-14,17-24H2,1-4H3,(H,51,52)(H,45,47,50). The van der Waals surface area contributed by atoms with Gasteiger partial charge in [0.25, 0.3) is 5.91 Å². The third kappa shape index (κ3) is 5.67. The Labute approximate surface area is 318 Å². The van der Waals surface area contributed by atoms with Gasteiger partial charge in [-0.05, 0) is 116 Å². The number of thiazole rings is 1. The number of ether oxygens (including phenoxy) is 1. The van der Waals surface area contributed by atoms with Gasteiger partial charge >= 0.3 is 5.97 Å². The highest BCUT2D eigenvalue weighted by atomic mass is 32.1. The highest BCUT2D eigenvalue weighted by Crippen LogP contribution is 2.72. The van der Waals surface area contributed by atoms with Crippen molar-refractivity contribution in [3.8, 4) is 17.2 Å². The van der Waals surface area contributed by atoms with Crippen molar-refractivity contribution in [1.29, 1.82) is 5.26 Å². The number of pyridine rings is 1. The van der Waals surface area contributed by atoms with E-state index >= 15 is 0 Å². The Morgan fingerprint density at radius 2 is 1.76 bits per heavy atom. The molecule has 12 heteroatoms. The minimum Gasteiger partial charge on any atom is -0.476 e. The van der Waals surface area contributed by atoms with Gasteiger partial charge in [0, 0.05) is 49.1 Å². The minimum absolute atomic E-state index is 0.0475. The summed E-state index contributed by atoms with van der Waals surface area (Å²) in [6.45, 7) is 8.46. The fourth-order valence-corrected chi connectivity index (χ4v) is 12.5. The molecule has 3 aromatic heterocycles. The Morgan fingerprint density at radius 1 is 0.981 bits per heavy atom. The van der Waals surface area contributed by atoms with E-state index in [4.69, 9.17) is 14.8 Å². The molecule has 4 saturated carbocycles. The van der Waals surface area contributed by atoms with Gasteiger partial charge in [-0.3, -0.25) is 14.8 Å². The normalized spacial score (nSPS) is 26.8.